The predicted octanol–water partition coefficient (Wildman–Crippen LogP) is 5.44. The highest BCUT2D eigenvalue weighted by Crippen LogP contribution is 2.34. The molecule has 0 atom stereocenters. The van der Waals surface area contributed by atoms with Crippen molar-refractivity contribution in [1.29, 1.82) is 5.26 Å². The first-order valence-electron chi connectivity index (χ1n) is 13.3. The summed E-state index contributed by atoms with van der Waals surface area (Å²) in [5, 5.41) is 14.9. The van der Waals surface area contributed by atoms with Crippen LogP contribution in [0.5, 0.6) is 0 Å². The fourth-order valence-corrected chi connectivity index (χ4v) is 6.92. The number of benzene rings is 1. The van der Waals surface area contributed by atoms with Gasteiger partial charge in [-0.2, -0.15) is 18.4 Å². The molecule has 3 N–H and O–H groups in total. The van der Waals surface area contributed by atoms with Gasteiger partial charge in [-0.05, 0) is 61.4 Å². The van der Waals surface area contributed by atoms with Gasteiger partial charge in [0.25, 0.3) is 0 Å². The highest BCUT2D eigenvalue weighted by Gasteiger charge is 2.30. The number of halogens is 3. The zero-order valence-corrected chi connectivity index (χ0v) is 22.2. The summed E-state index contributed by atoms with van der Waals surface area (Å²) in [6.07, 6.45) is 0.0681. The first-order chi connectivity index (χ1) is 18.7. The molecule has 4 aromatic rings. The van der Waals surface area contributed by atoms with Crippen LogP contribution in [-0.2, 0) is 19.5 Å². The van der Waals surface area contributed by atoms with E-state index in [1.54, 1.807) is 6.07 Å². The van der Waals surface area contributed by atoms with Crippen LogP contribution in [0.1, 0.15) is 41.8 Å². The van der Waals surface area contributed by atoms with E-state index in [0.717, 1.165) is 74.1 Å². The van der Waals surface area contributed by atoms with Gasteiger partial charge in [-0.25, -0.2) is 9.97 Å². The second-order valence-electron chi connectivity index (χ2n) is 10.9. The lowest BCUT2D eigenvalue weighted by molar-refractivity contribution is -0.126. The Morgan fingerprint density at radius 3 is 2.64 bits per heavy atom. The van der Waals surface area contributed by atoms with Crippen molar-refractivity contribution in [3.63, 3.8) is 0 Å². The number of nitrogens with zero attached hydrogens (tertiary/aromatic N) is 5. The molecule has 1 saturated heterocycles. The van der Waals surface area contributed by atoms with Crippen LogP contribution in [0.2, 0.25) is 0 Å². The van der Waals surface area contributed by atoms with E-state index < -0.39 is 12.6 Å². The zero-order valence-electron chi connectivity index (χ0n) is 21.4. The smallest absolute Gasteiger partial charge is 0.367 e. The van der Waals surface area contributed by atoms with Crippen LogP contribution in [0.4, 0.5) is 19.0 Å². The molecule has 2 aliphatic rings. The van der Waals surface area contributed by atoms with E-state index in [2.05, 4.69) is 49.0 Å². The maximum Gasteiger partial charge on any atom is 0.393 e. The second-order valence-corrected chi connectivity index (χ2v) is 12.0. The first kappa shape index (κ1) is 26.0. The molecular formula is C28H30F3N7S. The van der Waals surface area contributed by atoms with Gasteiger partial charge in [0.05, 0.1) is 11.8 Å². The van der Waals surface area contributed by atoms with Gasteiger partial charge in [-0.1, -0.05) is 6.07 Å². The third-order valence-corrected chi connectivity index (χ3v) is 8.93. The summed E-state index contributed by atoms with van der Waals surface area (Å²) in [5.41, 5.74) is 8.97. The molecule has 6 rings (SSSR count). The lowest BCUT2D eigenvalue weighted by atomic mass is 9.81. The third-order valence-electron chi connectivity index (χ3n) is 7.88. The Morgan fingerprint density at radius 2 is 1.92 bits per heavy atom. The summed E-state index contributed by atoms with van der Waals surface area (Å²) in [6.45, 7) is 3.47. The number of fused-ring (bicyclic) bond motifs is 2. The van der Waals surface area contributed by atoms with Crippen molar-refractivity contribution >= 4 is 38.3 Å². The molecule has 0 unspecified atom stereocenters. The predicted molar refractivity (Wildman–Crippen MR) is 146 cm³/mol. The molecule has 3 aromatic heterocycles. The molecule has 2 fully saturated rings. The molecule has 0 spiro atoms. The quantitative estimate of drug-likeness (QED) is 0.317. The number of rotatable bonds is 7. The van der Waals surface area contributed by atoms with Crippen molar-refractivity contribution < 1.29 is 13.2 Å². The van der Waals surface area contributed by atoms with Gasteiger partial charge in [-0.3, -0.25) is 4.90 Å². The summed E-state index contributed by atoms with van der Waals surface area (Å²) in [4.78, 5) is 11.7. The second kappa shape index (κ2) is 10.4. The molecule has 1 aliphatic heterocycles. The summed E-state index contributed by atoms with van der Waals surface area (Å²) in [7, 11) is 0. The molecule has 1 saturated carbocycles. The largest absolute Gasteiger partial charge is 0.393 e. The Kier molecular flexibility index (Phi) is 6.95. The first-order valence-corrected chi connectivity index (χ1v) is 14.1. The number of thiophene rings is 1. The van der Waals surface area contributed by atoms with E-state index >= 15 is 0 Å². The number of anilines is 1. The lowest BCUT2D eigenvalue weighted by Crippen LogP contribution is -2.38. The van der Waals surface area contributed by atoms with E-state index in [9.17, 15) is 18.4 Å². The normalized spacial score (nSPS) is 20.8. The van der Waals surface area contributed by atoms with E-state index in [4.69, 9.17) is 5.73 Å². The average Bonchev–Trinajstić information content (AvgIpc) is 3.44. The standard InChI is InChI=1S/C28H30F3N7S/c29-28(30,31)12-23-11-24-26(34-16-35-27(24)39-23)36-21-3-5-37(6-4-21)14-17-1-2-25-19(7-17)10-22(13-32)38(25)15-18-8-20(33)9-18/h1-2,7,10-11,16,18,20-21H,3-6,8-9,12,14-15,33H2,(H,34,35,36). The molecule has 0 radical (unpaired) electrons. The molecule has 1 aliphatic carbocycles. The van der Waals surface area contributed by atoms with Crippen molar-refractivity contribution in [3.8, 4) is 6.07 Å². The SMILES string of the molecule is N#Cc1cc2cc(CN3CCC(Nc4ncnc5sc(CC(F)(F)F)cc45)CC3)ccc2n1CC1CC(N)C1. The molecule has 4 heterocycles. The number of alkyl halides is 3. The Hall–Kier alpha value is -3.20. The van der Waals surface area contributed by atoms with Crippen molar-refractivity contribution in [2.45, 2.75) is 63.5 Å². The van der Waals surface area contributed by atoms with Crippen LogP contribution >= 0.6 is 11.3 Å². The van der Waals surface area contributed by atoms with Gasteiger partial charge in [0, 0.05) is 54.0 Å². The summed E-state index contributed by atoms with van der Waals surface area (Å²) < 4.78 is 40.7. The van der Waals surface area contributed by atoms with Crippen molar-refractivity contribution in [3.05, 3.63) is 52.8 Å². The molecule has 1 aromatic carbocycles. The van der Waals surface area contributed by atoms with Crippen LogP contribution in [0, 0.1) is 17.2 Å². The van der Waals surface area contributed by atoms with Crippen molar-refractivity contribution in [2.24, 2.45) is 11.7 Å². The number of hydrogen-bond donors (Lipinski definition) is 2. The summed E-state index contributed by atoms with van der Waals surface area (Å²) in [5.74, 6) is 1.15. The summed E-state index contributed by atoms with van der Waals surface area (Å²) >= 11 is 1.07. The Bertz CT molecular complexity index is 1520. The Balaban J connectivity index is 1.08. The number of hydrogen-bond acceptors (Lipinski definition) is 7. The molecular weight excluding hydrogens is 523 g/mol. The van der Waals surface area contributed by atoms with E-state index in [0.29, 0.717) is 33.7 Å². The number of aromatic nitrogens is 3. The van der Waals surface area contributed by atoms with Crippen LogP contribution in [0.3, 0.4) is 0 Å². The highest BCUT2D eigenvalue weighted by atomic mass is 32.1. The fraction of sp³-hybridized carbons (Fsp3) is 0.464. The topological polar surface area (TPSA) is 95.8 Å². The van der Waals surface area contributed by atoms with Gasteiger partial charge in [0.15, 0.2) is 0 Å². The molecule has 0 amide bonds. The zero-order chi connectivity index (χ0) is 27.1. The van der Waals surface area contributed by atoms with Crippen LogP contribution < -0.4 is 11.1 Å². The van der Waals surface area contributed by atoms with Crippen LogP contribution in [0.15, 0.2) is 36.7 Å². The van der Waals surface area contributed by atoms with Gasteiger partial charge >= 0.3 is 6.18 Å². The monoisotopic (exact) mass is 553 g/mol. The van der Waals surface area contributed by atoms with Gasteiger partial charge < -0.3 is 15.6 Å². The maximum absolute atomic E-state index is 12.9. The number of nitrogens with two attached hydrogens (primary N) is 1. The summed E-state index contributed by atoms with van der Waals surface area (Å²) in [6, 6.07) is 12.9. The van der Waals surface area contributed by atoms with E-state index in [1.165, 1.54) is 11.9 Å². The van der Waals surface area contributed by atoms with Crippen molar-refractivity contribution in [1.82, 2.24) is 19.4 Å². The van der Waals surface area contributed by atoms with Gasteiger partial charge in [0.2, 0.25) is 0 Å². The molecule has 11 heteroatoms. The Morgan fingerprint density at radius 1 is 1.13 bits per heavy atom. The minimum atomic E-state index is -4.24. The van der Waals surface area contributed by atoms with E-state index in [-0.39, 0.29) is 10.9 Å². The molecule has 39 heavy (non-hydrogen) atoms. The average molecular weight is 554 g/mol. The molecule has 204 valence electrons. The third kappa shape index (κ3) is 5.73. The number of nitrogens with one attached hydrogen (secondary N) is 1. The minimum absolute atomic E-state index is 0.194. The van der Waals surface area contributed by atoms with Crippen LogP contribution in [0.25, 0.3) is 21.1 Å². The van der Waals surface area contributed by atoms with Crippen molar-refractivity contribution in [2.75, 3.05) is 18.4 Å². The van der Waals surface area contributed by atoms with Gasteiger partial charge in [-0.15, -0.1) is 11.3 Å². The fourth-order valence-electron chi connectivity index (χ4n) is 5.89. The van der Waals surface area contributed by atoms with Gasteiger partial charge in [0.1, 0.15) is 28.7 Å². The number of nitriles is 1. The molecule has 7 nitrogen and oxygen atoms in total. The minimum Gasteiger partial charge on any atom is -0.367 e. The Labute approximate surface area is 228 Å². The maximum atomic E-state index is 12.9. The molecule has 0 bridgehead atoms. The number of likely N-dealkylation sites (tertiary alicyclic amines) is 1. The van der Waals surface area contributed by atoms with E-state index in [1.807, 2.05) is 6.07 Å². The highest BCUT2D eigenvalue weighted by molar-refractivity contribution is 7.18. The number of piperidine rings is 1. The van der Waals surface area contributed by atoms with Crippen LogP contribution in [-0.4, -0.2) is 50.8 Å². The lowest BCUT2D eigenvalue weighted by Gasteiger charge is -2.33.